The van der Waals surface area contributed by atoms with Gasteiger partial charge in [0.25, 0.3) is 5.91 Å². The molecule has 0 saturated carbocycles. The second-order valence-electron chi connectivity index (χ2n) is 3.60. The van der Waals surface area contributed by atoms with Crippen molar-refractivity contribution in [3.05, 3.63) is 0 Å². The predicted octanol–water partition coefficient (Wildman–Crippen LogP) is 0.726. The van der Waals surface area contributed by atoms with Crippen molar-refractivity contribution in [2.75, 3.05) is 5.75 Å². The summed E-state index contributed by atoms with van der Waals surface area (Å²) < 4.78 is 0. The number of carbonyl (C=O) groups excluding carboxylic acids is 2. The molecule has 1 fully saturated rings. The van der Waals surface area contributed by atoms with Gasteiger partial charge in [-0.1, -0.05) is 13.8 Å². The van der Waals surface area contributed by atoms with Crippen LogP contribution in [0.5, 0.6) is 0 Å². The summed E-state index contributed by atoms with van der Waals surface area (Å²) in [5.41, 5.74) is -0.730. The van der Waals surface area contributed by atoms with E-state index in [0.717, 1.165) is 0 Å². The van der Waals surface area contributed by atoms with Gasteiger partial charge in [0.15, 0.2) is 0 Å². The first-order valence-corrected chi connectivity index (χ1v) is 5.24. The molecule has 4 nitrogen and oxygen atoms in total. The van der Waals surface area contributed by atoms with Gasteiger partial charge >= 0.3 is 6.03 Å². The molecule has 1 saturated heterocycles. The molecule has 0 radical (unpaired) electrons. The zero-order valence-corrected chi connectivity index (χ0v) is 8.83. The Morgan fingerprint density at radius 2 is 2.08 bits per heavy atom. The fraction of sp³-hybridized carbons (Fsp3) is 0.750. The Morgan fingerprint density at radius 3 is 2.46 bits per heavy atom. The van der Waals surface area contributed by atoms with Crippen molar-refractivity contribution in [1.29, 1.82) is 0 Å². The SMILES string of the molecule is CC(C)SC[C@@]1(C)NC(=O)NC1=O. The van der Waals surface area contributed by atoms with Crippen molar-refractivity contribution < 1.29 is 9.59 Å². The molecule has 5 heteroatoms. The number of amides is 3. The van der Waals surface area contributed by atoms with E-state index in [-0.39, 0.29) is 5.91 Å². The van der Waals surface area contributed by atoms with E-state index < -0.39 is 11.6 Å². The summed E-state index contributed by atoms with van der Waals surface area (Å²) in [5.74, 6) is 0.382. The third-order valence-electron chi connectivity index (χ3n) is 1.82. The zero-order chi connectivity index (χ0) is 10.1. The molecule has 1 heterocycles. The summed E-state index contributed by atoms with van der Waals surface area (Å²) in [6, 6.07) is -0.392. The van der Waals surface area contributed by atoms with Gasteiger partial charge in [0.2, 0.25) is 0 Å². The molecular formula is C8H14N2O2S. The minimum Gasteiger partial charge on any atom is -0.323 e. The minimum absolute atomic E-state index is 0.231. The molecule has 1 rings (SSSR count). The van der Waals surface area contributed by atoms with Gasteiger partial charge in [-0.3, -0.25) is 10.1 Å². The maximum absolute atomic E-state index is 11.3. The third-order valence-corrected chi connectivity index (χ3v) is 3.23. The number of nitrogens with one attached hydrogen (secondary N) is 2. The van der Waals surface area contributed by atoms with Crippen LogP contribution in [-0.4, -0.2) is 28.5 Å². The minimum atomic E-state index is -0.730. The van der Waals surface area contributed by atoms with Crippen molar-refractivity contribution in [3.63, 3.8) is 0 Å². The Bertz CT molecular complexity index is 242. The Kier molecular flexibility index (Phi) is 2.85. The van der Waals surface area contributed by atoms with Crippen molar-refractivity contribution in [2.24, 2.45) is 0 Å². The Labute approximate surface area is 81.8 Å². The first-order chi connectivity index (χ1) is 5.94. The smallest absolute Gasteiger partial charge is 0.322 e. The summed E-state index contributed by atoms with van der Waals surface area (Å²) in [5, 5.41) is 5.30. The number of urea groups is 1. The van der Waals surface area contributed by atoms with Crippen molar-refractivity contribution in [2.45, 2.75) is 31.6 Å². The molecule has 0 unspecified atom stereocenters. The van der Waals surface area contributed by atoms with Crippen LogP contribution >= 0.6 is 11.8 Å². The van der Waals surface area contributed by atoms with Crippen LogP contribution in [0, 0.1) is 0 Å². The first-order valence-electron chi connectivity index (χ1n) is 4.19. The van der Waals surface area contributed by atoms with E-state index in [0.29, 0.717) is 11.0 Å². The lowest BCUT2D eigenvalue weighted by atomic mass is 10.1. The Morgan fingerprint density at radius 1 is 1.46 bits per heavy atom. The molecule has 0 bridgehead atoms. The Balaban J connectivity index is 2.55. The monoisotopic (exact) mass is 202 g/mol. The van der Waals surface area contributed by atoms with Crippen LogP contribution in [0.25, 0.3) is 0 Å². The number of thioether (sulfide) groups is 1. The highest BCUT2D eigenvalue weighted by Gasteiger charge is 2.41. The Hall–Kier alpha value is -0.710. The van der Waals surface area contributed by atoms with E-state index >= 15 is 0 Å². The summed E-state index contributed by atoms with van der Waals surface area (Å²) in [6.07, 6.45) is 0. The lowest BCUT2D eigenvalue weighted by molar-refractivity contribution is -0.122. The average molecular weight is 202 g/mol. The molecule has 13 heavy (non-hydrogen) atoms. The highest BCUT2D eigenvalue weighted by atomic mass is 32.2. The highest BCUT2D eigenvalue weighted by molar-refractivity contribution is 7.99. The maximum Gasteiger partial charge on any atom is 0.322 e. The largest absolute Gasteiger partial charge is 0.323 e. The van der Waals surface area contributed by atoms with E-state index in [1.807, 2.05) is 0 Å². The summed E-state index contributed by atoms with van der Waals surface area (Å²) in [4.78, 5) is 22.2. The van der Waals surface area contributed by atoms with Crippen molar-refractivity contribution >= 4 is 23.7 Å². The molecule has 1 aliphatic heterocycles. The second-order valence-corrected chi connectivity index (χ2v) is 5.16. The molecule has 0 aromatic rings. The number of hydrogen-bond donors (Lipinski definition) is 2. The summed E-state index contributed by atoms with van der Waals surface area (Å²) in [7, 11) is 0. The number of rotatable bonds is 3. The molecule has 74 valence electrons. The maximum atomic E-state index is 11.3. The topological polar surface area (TPSA) is 58.2 Å². The quantitative estimate of drug-likeness (QED) is 0.663. The van der Waals surface area contributed by atoms with Gasteiger partial charge in [-0.2, -0.15) is 11.8 Å². The first kappa shape index (κ1) is 10.4. The van der Waals surface area contributed by atoms with Gasteiger partial charge in [0.05, 0.1) is 0 Å². The molecule has 0 spiro atoms. The van der Waals surface area contributed by atoms with E-state index in [2.05, 4.69) is 24.5 Å². The van der Waals surface area contributed by atoms with Gasteiger partial charge in [-0.05, 0) is 12.2 Å². The van der Waals surface area contributed by atoms with Crippen LogP contribution in [0.1, 0.15) is 20.8 Å². The third kappa shape index (κ3) is 2.37. The molecule has 3 amide bonds. The molecule has 0 aliphatic carbocycles. The number of carbonyl (C=O) groups is 2. The lowest BCUT2D eigenvalue weighted by Crippen LogP contribution is -2.46. The van der Waals surface area contributed by atoms with Crippen LogP contribution in [0.15, 0.2) is 0 Å². The van der Waals surface area contributed by atoms with Gasteiger partial charge < -0.3 is 5.32 Å². The normalized spacial score (nSPS) is 27.7. The van der Waals surface area contributed by atoms with E-state index in [1.165, 1.54) is 0 Å². The van der Waals surface area contributed by atoms with E-state index in [1.54, 1.807) is 18.7 Å². The van der Waals surface area contributed by atoms with Gasteiger partial charge in [-0.25, -0.2) is 4.79 Å². The van der Waals surface area contributed by atoms with Crippen LogP contribution in [0.3, 0.4) is 0 Å². The predicted molar refractivity (Wildman–Crippen MR) is 52.7 cm³/mol. The standard InChI is InChI=1S/C8H14N2O2S/c1-5(2)13-4-8(3)6(11)9-7(12)10-8/h5H,4H2,1-3H3,(H2,9,10,11,12)/t8-/m1/s1. The number of imide groups is 1. The zero-order valence-electron chi connectivity index (χ0n) is 8.01. The van der Waals surface area contributed by atoms with Crippen LogP contribution in [-0.2, 0) is 4.79 Å². The fourth-order valence-electron chi connectivity index (χ4n) is 1.01. The van der Waals surface area contributed by atoms with E-state index in [4.69, 9.17) is 0 Å². The van der Waals surface area contributed by atoms with Gasteiger partial charge in [0, 0.05) is 5.75 Å². The molecular weight excluding hydrogens is 188 g/mol. The van der Waals surface area contributed by atoms with E-state index in [9.17, 15) is 9.59 Å². The lowest BCUT2D eigenvalue weighted by Gasteiger charge is -2.20. The van der Waals surface area contributed by atoms with Gasteiger partial charge in [-0.15, -0.1) is 0 Å². The summed E-state index contributed by atoms with van der Waals surface area (Å²) >= 11 is 1.66. The van der Waals surface area contributed by atoms with Crippen LogP contribution < -0.4 is 10.6 Å². The summed E-state index contributed by atoms with van der Waals surface area (Å²) in [6.45, 7) is 5.86. The second kappa shape index (κ2) is 3.57. The molecule has 1 atom stereocenters. The average Bonchev–Trinajstić information content (AvgIpc) is 2.23. The molecule has 2 N–H and O–H groups in total. The highest BCUT2D eigenvalue weighted by Crippen LogP contribution is 2.20. The molecule has 0 aromatic heterocycles. The molecule has 0 aromatic carbocycles. The van der Waals surface area contributed by atoms with Crippen molar-refractivity contribution in [1.82, 2.24) is 10.6 Å². The number of hydrogen-bond acceptors (Lipinski definition) is 3. The van der Waals surface area contributed by atoms with Crippen LogP contribution in [0.2, 0.25) is 0 Å². The fourth-order valence-corrected chi connectivity index (χ4v) is 1.88. The van der Waals surface area contributed by atoms with Crippen molar-refractivity contribution in [3.8, 4) is 0 Å². The van der Waals surface area contributed by atoms with Crippen LogP contribution in [0.4, 0.5) is 4.79 Å². The molecule has 1 aliphatic rings. The van der Waals surface area contributed by atoms with Gasteiger partial charge in [0.1, 0.15) is 5.54 Å².